The number of nitrogens with two attached hydrogens (primary N) is 1. The van der Waals surface area contributed by atoms with Gasteiger partial charge in [0, 0.05) is 32.4 Å². The minimum absolute atomic E-state index is 0.164. The lowest BCUT2D eigenvalue weighted by molar-refractivity contribution is -0.116. The van der Waals surface area contributed by atoms with Crippen molar-refractivity contribution in [1.29, 1.82) is 0 Å². The summed E-state index contributed by atoms with van der Waals surface area (Å²) in [6.07, 6.45) is -0.164. The highest BCUT2D eigenvalue weighted by Crippen LogP contribution is 2.31. The predicted molar refractivity (Wildman–Crippen MR) is 89.0 cm³/mol. The molecule has 1 amide bonds. The van der Waals surface area contributed by atoms with Crippen LogP contribution in [0.25, 0.3) is 0 Å². The van der Waals surface area contributed by atoms with Gasteiger partial charge in [-0.1, -0.05) is 0 Å². The van der Waals surface area contributed by atoms with Crippen molar-refractivity contribution in [3.8, 4) is 5.75 Å². The molecule has 2 N–H and O–H groups in total. The van der Waals surface area contributed by atoms with Gasteiger partial charge in [-0.25, -0.2) is 10.9 Å². The molecule has 1 aromatic carbocycles. The maximum absolute atomic E-state index is 11.8. The molecular weight excluding hydrogens is 303 g/mol. The van der Waals surface area contributed by atoms with Crippen LogP contribution in [-0.2, 0) is 9.36 Å². The van der Waals surface area contributed by atoms with Gasteiger partial charge in [-0.15, -0.1) is 0 Å². The van der Waals surface area contributed by atoms with E-state index in [1.165, 1.54) is 0 Å². The quantitative estimate of drug-likeness (QED) is 0.335. The fourth-order valence-electron chi connectivity index (χ4n) is 1.70. The van der Waals surface area contributed by atoms with Gasteiger partial charge in [-0.05, 0) is 26.2 Å². The molecule has 1 rings (SSSR count). The molecule has 0 fully saturated rings. The van der Waals surface area contributed by atoms with Gasteiger partial charge in [0.2, 0.25) is 0 Å². The van der Waals surface area contributed by atoms with Crippen LogP contribution < -0.4 is 20.5 Å². The molecule has 0 saturated heterocycles. The molecule has 0 saturated carbocycles. The Morgan fingerprint density at radius 3 is 2.50 bits per heavy atom. The zero-order valence-electron chi connectivity index (χ0n) is 13.4. The zero-order valence-corrected chi connectivity index (χ0v) is 14.3. The lowest BCUT2D eigenvalue weighted by atomic mass is 10.2. The topological polar surface area (TPSA) is 79.1 Å². The summed E-state index contributed by atoms with van der Waals surface area (Å²) in [6, 6.07) is 5.39. The Morgan fingerprint density at radius 2 is 1.95 bits per heavy atom. The number of anilines is 2. The van der Waals surface area contributed by atoms with Crippen molar-refractivity contribution in [2.75, 3.05) is 57.4 Å². The van der Waals surface area contributed by atoms with Gasteiger partial charge in [0.1, 0.15) is 24.2 Å². The number of rotatable bonds is 8. The van der Waals surface area contributed by atoms with Crippen LogP contribution in [0.15, 0.2) is 18.2 Å². The van der Waals surface area contributed by atoms with Crippen molar-refractivity contribution in [2.45, 2.75) is 0 Å². The van der Waals surface area contributed by atoms with Crippen LogP contribution in [0.5, 0.6) is 5.75 Å². The van der Waals surface area contributed by atoms with Crippen molar-refractivity contribution in [1.82, 2.24) is 4.90 Å². The van der Waals surface area contributed by atoms with Gasteiger partial charge in [0.05, 0.1) is 0 Å². The van der Waals surface area contributed by atoms with E-state index in [4.69, 9.17) is 10.6 Å². The van der Waals surface area contributed by atoms with E-state index < -0.39 is 5.91 Å². The van der Waals surface area contributed by atoms with Gasteiger partial charge in [-0.2, -0.15) is 0 Å². The molecule has 22 heavy (non-hydrogen) atoms. The van der Waals surface area contributed by atoms with Gasteiger partial charge in [0.25, 0.3) is 5.91 Å². The Morgan fingerprint density at radius 1 is 1.27 bits per heavy atom. The first-order valence-electron chi connectivity index (χ1n) is 6.82. The molecule has 0 aromatic heterocycles. The Hall–Kier alpha value is -1.69. The molecule has 7 nitrogen and oxygen atoms in total. The first-order chi connectivity index (χ1) is 10.4. The van der Waals surface area contributed by atoms with Crippen LogP contribution in [0.1, 0.15) is 0 Å². The van der Waals surface area contributed by atoms with E-state index in [2.05, 4.69) is 0 Å². The van der Waals surface area contributed by atoms with Crippen molar-refractivity contribution >= 4 is 25.7 Å². The second kappa shape index (κ2) is 8.68. The highest BCUT2D eigenvalue weighted by atomic mass is 31.1. The molecule has 0 aliphatic carbocycles. The Labute approximate surface area is 132 Å². The first kappa shape index (κ1) is 18.4. The molecule has 0 radical (unpaired) electrons. The number of ether oxygens (including phenoxy) is 1. The maximum atomic E-state index is 11.8. The van der Waals surface area contributed by atoms with Crippen LogP contribution in [0.2, 0.25) is 0 Å². The average molecular weight is 326 g/mol. The number of hydrogen-bond donors (Lipinski definition) is 1. The van der Waals surface area contributed by atoms with Gasteiger partial charge in [-0.3, -0.25) is 9.36 Å². The Kier molecular flexibility index (Phi) is 7.24. The van der Waals surface area contributed by atoms with E-state index in [1.807, 2.05) is 50.1 Å². The minimum atomic E-state index is -0.438. The number of benzene rings is 1. The number of amides is 1. The highest BCUT2D eigenvalue weighted by Gasteiger charge is 2.17. The Bertz CT molecular complexity index is 523. The number of hydrogen-bond acceptors (Lipinski definition) is 6. The number of likely N-dealkylation sites (N-methyl/N-ethyl adjacent to an activating group) is 1. The summed E-state index contributed by atoms with van der Waals surface area (Å²) in [7, 11) is 7.48. The average Bonchev–Trinajstić information content (AvgIpc) is 2.46. The number of carbonyl (C=O) groups is 1. The van der Waals surface area contributed by atoms with Crippen LogP contribution in [0, 0.1) is 0 Å². The second-order valence-electron chi connectivity index (χ2n) is 5.25. The smallest absolute Gasteiger partial charge is 0.252 e. The molecule has 0 heterocycles. The fourth-order valence-corrected chi connectivity index (χ4v) is 1.96. The molecule has 122 valence electrons. The van der Waals surface area contributed by atoms with E-state index in [0.29, 0.717) is 18.0 Å². The number of hydrazine groups is 1. The van der Waals surface area contributed by atoms with Crippen molar-refractivity contribution < 1.29 is 14.1 Å². The number of carbonyl (C=O) groups excluding carboxylic acids is 1. The van der Waals surface area contributed by atoms with Crippen molar-refractivity contribution in [3.63, 3.8) is 0 Å². The standard InChI is InChI=1S/C14H23N4O3P/c1-16(2)7-8-21-13-9-11(17(3)4)5-6-12(13)18(15)14(19)10-22-20/h5-6,9H,7-8,10,15H2,1-4H3. The summed E-state index contributed by atoms with van der Waals surface area (Å²) in [5, 5.41) is 0.981. The predicted octanol–water partition coefficient (Wildman–Crippen LogP) is 1.19. The third kappa shape index (κ3) is 5.26. The third-order valence-electron chi connectivity index (χ3n) is 2.98. The molecule has 0 bridgehead atoms. The van der Waals surface area contributed by atoms with Crippen LogP contribution in [0.3, 0.4) is 0 Å². The van der Waals surface area contributed by atoms with Gasteiger partial charge in [0.15, 0.2) is 8.46 Å². The number of nitrogens with zero attached hydrogens (tertiary/aromatic N) is 3. The lowest BCUT2D eigenvalue weighted by Crippen LogP contribution is -2.38. The van der Waals surface area contributed by atoms with Crippen LogP contribution >= 0.6 is 8.46 Å². The van der Waals surface area contributed by atoms with Crippen LogP contribution in [0.4, 0.5) is 11.4 Å². The molecule has 8 heteroatoms. The molecule has 1 aromatic rings. The fraction of sp³-hybridized carbons (Fsp3) is 0.500. The summed E-state index contributed by atoms with van der Waals surface area (Å²) in [4.78, 5) is 15.7. The molecular formula is C14H23N4O3P. The van der Waals surface area contributed by atoms with Crippen molar-refractivity contribution in [2.24, 2.45) is 5.84 Å². The zero-order chi connectivity index (χ0) is 16.7. The summed E-state index contributed by atoms with van der Waals surface area (Å²) in [5.74, 6) is 5.90. The molecule has 0 aliphatic rings. The summed E-state index contributed by atoms with van der Waals surface area (Å²) in [6.45, 7) is 1.21. The third-order valence-corrected chi connectivity index (χ3v) is 3.38. The van der Waals surface area contributed by atoms with E-state index in [9.17, 15) is 9.36 Å². The molecule has 0 unspecified atom stereocenters. The monoisotopic (exact) mass is 326 g/mol. The maximum Gasteiger partial charge on any atom is 0.252 e. The summed E-state index contributed by atoms with van der Waals surface area (Å²) < 4.78 is 16.3. The van der Waals surface area contributed by atoms with Gasteiger partial charge >= 0.3 is 0 Å². The summed E-state index contributed by atoms with van der Waals surface area (Å²) in [5.41, 5.74) is 1.39. The second-order valence-corrected chi connectivity index (χ2v) is 5.82. The highest BCUT2D eigenvalue weighted by molar-refractivity contribution is 7.25. The van der Waals surface area contributed by atoms with E-state index >= 15 is 0 Å². The van der Waals surface area contributed by atoms with Gasteiger partial charge < -0.3 is 14.5 Å². The SMILES string of the molecule is CN(C)CCOc1cc(N(C)C)ccc1N(N)C(=O)CP=O. The lowest BCUT2D eigenvalue weighted by Gasteiger charge is -2.22. The van der Waals surface area contributed by atoms with Crippen molar-refractivity contribution in [3.05, 3.63) is 18.2 Å². The van der Waals surface area contributed by atoms with E-state index in [-0.39, 0.29) is 14.6 Å². The molecule has 0 aliphatic heterocycles. The van der Waals surface area contributed by atoms with E-state index in [1.54, 1.807) is 6.07 Å². The Balaban J connectivity index is 3.02. The minimum Gasteiger partial charge on any atom is -0.490 e. The first-order valence-corrected chi connectivity index (χ1v) is 7.82. The largest absolute Gasteiger partial charge is 0.490 e. The summed E-state index contributed by atoms with van der Waals surface area (Å²) >= 11 is 0. The molecule has 0 atom stereocenters. The van der Waals surface area contributed by atoms with E-state index in [0.717, 1.165) is 17.2 Å². The normalized spacial score (nSPS) is 10.8. The van der Waals surface area contributed by atoms with Crippen LogP contribution in [-0.4, -0.2) is 58.3 Å². The molecule has 0 spiro atoms.